The van der Waals surface area contributed by atoms with E-state index in [1.54, 1.807) is 23.4 Å². The van der Waals surface area contributed by atoms with Crippen LogP contribution in [-0.2, 0) is 16.1 Å². The minimum absolute atomic E-state index is 0.0516. The van der Waals surface area contributed by atoms with Gasteiger partial charge in [-0.3, -0.25) is 9.59 Å². The number of hydrogen-bond donors (Lipinski definition) is 1. The third-order valence-corrected chi connectivity index (χ3v) is 2.70. The number of hydrogen-bond acceptors (Lipinski definition) is 4. The monoisotopic (exact) mass is 234 g/mol. The minimum Gasteiger partial charge on any atom is -0.347 e. The standard InChI is InChI=1S/C11H14N4O2/c1-8-5-10(16)14-6-11(17)15(8)7-9-12-3-2-4-13-9/h2-4,8H,5-7H2,1H3,(H,14,16). The largest absolute Gasteiger partial charge is 0.347 e. The predicted molar refractivity (Wildman–Crippen MR) is 59.7 cm³/mol. The van der Waals surface area contributed by atoms with E-state index in [1.807, 2.05) is 6.92 Å². The van der Waals surface area contributed by atoms with E-state index in [9.17, 15) is 9.59 Å². The van der Waals surface area contributed by atoms with Crippen molar-refractivity contribution in [3.8, 4) is 0 Å². The summed E-state index contributed by atoms with van der Waals surface area (Å²) in [6.07, 6.45) is 3.59. The fourth-order valence-corrected chi connectivity index (χ4v) is 1.78. The Morgan fingerprint density at radius 1 is 1.41 bits per heavy atom. The second kappa shape index (κ2) is 4.90. The van der Waals surface area contributed by atoms with Crippen molar-refractivity contribution in [1.82, 2.24) is 20.2 Å². The average Bonchev–Trinajstić information content (AvgIpc) is 2.44. The Bertz CT molecular complexity index is 421. The quantitative estimate of drug-likeness (QED) is 0.763. The van der Waals surface area contributed by atoms with Crippen molar-refractivity contribution in [3.63, 3.8) is 0 Å². The maximum absolute atomic E-state index is 11.8. The highest BCUT2D eigenvalue weighted by molar-refractivity contribution is 5.87. The lowest BCUT2D eigenvalue weighted by molar-refractivity contribution is -0.132. The Kier molecular flexibility index (Phi) is 3.32. The molecule has 1 saturated heterocycles. The van der Waals surface area contributed by atoms with E-state index in [2.05, 4.69) is 15.3 Å². The van der Waals surface area contributed by atoms with E-state index < -0.39 is 0 Å². The Hall–Kier alpha value is -1.98. The molecule has 6 nitrogen and oxygen atoms in total. The molecular formula is C11H14N4O2. The molecule has 1 aliphatic rings. The third-order valence-electron chi connectivity index (χ3n) is 2.70. The van der Waals surface area contributed by atoms with Gasteiger partial charge >= 0.3 is 0 Å². The average molecular weight is 234 g/mol. The molecule has 1 atom stereocenters. The fraction of sp³-hybridized carbons (Fsp3) is 0.455. The van der Waals surface area contributed by atoms with Gasteiger partial charge in [-0.2, -0.15) is 0 Å². The third kappa shape index (κ3) is 2.77. The van der Waals surface area contributed by atoms with Crippen LogP contribution in [0.1, 0.15) is 19.2 Å². The molecular weight excluding hydrogens is 220 g/mol. The Balaban J connectivity index is 2.12. The highest BCUT2D eigenvalue weighted by atomic mass is 16.2. The number of carbonyl (C=O) groups is 2. The van der Waals surface area contributed by atoms with Crippen molar-refractivity contribution in [1.29, 1.82) is 0 Å². The second-order valence-electron chi connectivity index (χ2n) is 4.02. The molecule has 17 heavy (non-hydrogen) atoms. The lowest BCUT2D eigenvalue weighted by Crippen LogP contribution is -2.39. The molecule has 0 saturated carbocycles. The SMILES string of the molecule is CC1CC(=O)NCC(=O)N1Cc1ncccn1. The van der Waals surface area contributed by atoms with Crippen LogP contribution < -0.4 is 5.32 Å². The molecule has 1 aromatic heterocycles. The number of aromatic nitrogens is 2. The number of rotatable bonds is 2. The zero-order chi connectivity index (χ0) is 12.3. The molecule has 6 heteroatoms. The van der Waals surface area contributed by atoms with Crippen LogP contribution in [0.4, 0.5) is 0 Å². The fourth-order valence-electron chi connectivity index (χ4n) is 1.78. The van der Waals surface area contributed by atoms with Gasteiger partial charge in [-0.05, 0) is 13.0 Å². The Morgan fingerprint density at radius 3 is 2.82 bits per heavy atom. The van der Waals surface area contributed by atoms with Gasteiger partial charge in [-0.25, -0.2) is 9.97 Å². The summed E-state index contributed by atoms with van der Waals surface area (Å²) >= 11 is 0. The van der Waals surface area contributed by atoms with E-state index in [4.69, 9.17) is 0 Å². The van der Waals surface area contributed by atoms with Gasteiger partial charge in [0, 0.05) is 24.9 Å². The van der Waals surface area contributed by atoms with Crippen molar-refractivity contribution in [2.24, 2.45) is 0 Å². The van der Waals surface area contributed by atoms with Crippen molar-refractivity contribution in [2.45, 2.75) is 25.9 Å². The molecule has 1 aromatic rings. The van der Waals surface area contributed by atoms with Gasteiger partial charge in [0.2, 0.25) is 11.8 Å². The van der Waals surface area contributed by atoms with Crippen LogP contribution in [0.2, 0.25) is 0 Å². The number of carbonyl (C=O) groups excluding carboxylic acids is 2. The zero-order valence-electron chi connectivity index (χ0n) is 9.59. The molecule has 0 aliphatic carbocycles. The number of amides is 2. The molecule has 2 amide bonds. The Morgan fingerprint density at radius 2 is 2.12 bits per heavy atom. The molecule has 2 rings (SSSR count). The predicted octanol–water partition coefficient (Wildman–Crippen LogP) is -0.286. The second-order valence-corrected chi connectivity index (χ2v) is 4.02. The molecule has 1 unspecified atom stereocenters. The van der Waals surface area contributed by atoms with Crippen LogP contribution in [0.5, 0.6) is 0 Å². The van der Waals surface area contributed by atoms with E-state index in [0.717, 1.165) is 0 Å². The molecule has 0 radical (unpaired) electrons. The summed E-state index contributed by atoms with van der Waals surface area (Å²) in [6.45, 7) is 2.25. The van der Waals surface area contributed by atoms with Crippen molar-refractivity contribution in [3.05, 3.63) is 24.3 Å². The van der Waals surface area contributed by atoms with Gasteiger partial charge in [-0.1, -0.05) is 0 Å². The summed E-state index contributed by atoms with van der Waals surface area (Å²) in [4.78, 5) is 32.9. The normalized spacial score (nSPS) is 21.0. The highest BCUT2D eigenvalue weighted by Gasteiger charge is 2.26. The van der Waals surface area contributed by atoms with Crippen LogP contribution in [0, 0.1) is 0 Å². The van der Waals surface area contributed by atoms with Crippen LogP contribution >= 0.6 is 0 Å². The lowest BCUT2D eigenvalue weighted by atomic mass is 10.2. The summed E-state index contributed by atoms with van der Waals surface area (Å²) in [5.41, 5.74) is 0. The van der Waals surface area contributed by atoms with Gasteiger partial charge in [0.05, 0.1) is 13.1 Å². The topological polar surface area (TPSA) is 75.2 Å². The molecule has 2 heterocycles. The molecule has 1 N–H and O–H groups in total. The highest BCUT2D eigenvalue weighted by Crippen LogP contribution is 2.10. The molecule has 90 valence electrons. The van der Waals surface area contributed by atoms with E-state index in [0.29, 0.717) is 18.8 Å². The van der Waals surface area contributed by atoms with Crippen molar-refractivity contribution < 1.29 is 9.59 Å². The summed E-state index contributed by atoms with van der Waals surface area (Å²) < 4.78 is 0. The summed E-state index contributed by atoms with van der Waals surface area (Å²) in [6, 6.07) is 1.59. The maximum Gasteiger partial charge on any atom is 0.242 e. The van der Waals surface area contributed by atoms with Gasteiger partial charge < -0.3 is 10.2 Å². The molecule has 0 spiro atoms. The van der Waals surface area contributed by atoms with E-state index in [-0.39, 0.29) is 24.4 Å². The maximum atomic E-state index is 11.8. The van der Waals surface area contributed by atoms with Gasteiger partial charge in [0.25, 0.3) is 0 Å². The minimum atomic E-state index is -0.131. The van der Waals surface area contributed by atoms with Crippen LogP contribution in [0.25, 0.3) is 0 Å². The van der Waals surface area contributed by atoms with Gasteiger partial charge in [0.15, 0.2) is 0 Å². The molecule has 0 aromatic carbocycles. The molecule has 0 bridgehead atoms. The summed E-state index contributed by atoms with van der Waals surface area (Å²) in [7, 11) is 0. The van der Waals surface area contributed by atoms with E-state index >= 15 is 0 Å². The van der Waals surface area contributed by atoms with Crippen LogP contribution in [-0.4, -0.2) is 39.3 Å². The molecule has 1 fully saturated rings. The van der Waals surface area contributed by atoms with Crippen molar-refractivity contribution >= 4 is 11.8 Å². The molecule has 1 aliphatic heterocycles. The van der Waals surface area contributed by atoms with Gasteiger partial charge in [-0.15, -0.1) is 0 Å². The van der Waals surface area contributed by atoms with Crippen LogP contribution in [0.15, 0.2) is 18.5 Å². The first-order valence-corrected chi connectivity index (χ1v) is 5.49. The first kappa shape index (κ1) is 11.5. The first-order valence-electron chi connectivity index (χ1n) is 5.49. The zero-order valence-corrected chi connectivity index (χ0v) is 9.59. The van der Waals surface area contributed by atoms with Crippen LogP contribution in [0.3, 0.4) is 0 Å². The van der Waals surface area contributed by atoms with E-state index in [1.165, 1.54) is 0 Å². The lowest BCUT2D eigenvalue weighted by Gasteiger charge is -2.25. The Labute approximate surface area is 99.1 Å². The summed E-state index contributed by atoms with van der Waals surface area (Å²) in [5, 5.41) is 2.57. The smallest absolute Gasteiger partial charge is 0.242 e. The first-order chi connectivity index (χ1) is 8.16. The summed E-state index contributed by atoms with van der Waals surface area (Å²) in [5.74, 6) is 0.389. The number of nitrogens with one attached hydrogen (secondary N) is 1. The number of nitrogens with zero attached hydrogens (tertiary/aromatic N) is 3. The van der Waals surface area contributed by atoms with Crippen molar-refractivity contribution in [2.75, 3.05) is 6.54 Å². The van der Waals surface area contributed by atoms with Gasteiger partial charge in [0.1, 0.15) is 5.82 Å².